The second-order valence-electron chi connectivity index (χ2n) is 8.00. The Balaban J connectivity index is 1.49. The van der Waals surface area contributed by atoms with Crippen LogP contribution in [0.3, 0.4) is 0 Å². The highest BCUT2D eigenvalue weighted by Gasteiger charge is 2.20. The van der Waals surface area contributed by atoms with Gasteiger partial charge in [-0.05, 0) is 29.8 Å². The summed E-state index contributed by atoms with van der Waals surface area (Å²) >= 11 is 6.19. The van der Waals surface area contributed by atoms with Gasteiger partial charge in [0.1, 0.15) is 11.4 Å². The number of piperazine rings is 1. The van der Waals surface area contributed by atoms with Crippen LogP contribution in [0.1, 0.15) is 6.92 Å². The topological polar surface area (TPSA) is 92.6 Å². The molecule has 1 saturated heterocycles. The molecule has 2 aromatic heterocycles. The lowest BCUT2D eigenvalue weighted by Crippen LogP contribution is -2.49. The third kappa shape index (κ3) is 5.37. The fourth-order valence-corrected chi connectivity index (χ4v) is 4.12. The number of hydrogen-bond acceptors (Lipinski definition) is 6. The highest BCUT2D eigenvalue weighted by molar-refractivity contribution is 6.32. The molecule has 10 heteroatoms. The first kappa shape index (κ1) is 23.7. The Kier molecular flexibility index (Phi) is 7.44. The number of aromatic nitrogens is 3. The van der Waals surface area contributed by atoms with Crippen LogP contribution < -0.4 is 10.1 Å². The van der Waals surface area contributed by atoms with Crippen molar-refractivity contribution < 1.29 is 14.3 Å². The Hall–Kier alpha value is -3.43. The largest absolute Gasteiger partial charge is 0.495 e. The molecular weight excluding hydrogens is 456 g/mol. The van der Waals surface area contributed by atoms with Crippen LogP contribution in [0.4, 0.5) is 4.79 Å². The Morgan fingerprint density at radius 2 is 1.82 bits per heavy atom. The number of benzene rings is 1. The zero-order valence-electron chi connectivity index (χ0n) is 19.2. The van der Waals surface area contributed by atoms with Gasteiger partial charge in [-0.2, -0.15) is 9.78 Å². The van der Waals surface area contributed by atoms with Gasteiger partial charge in [0.2, 0.25) is 5.91 Å². The lowest BCUT2D eigenvalue weighted by atomic mass is 10.0. The summed E-state index contributed by atoms with van der Waals surface area (Å²) < 4.78 is 6.67. The first-order valence-electron chi connectivity index (χ1n) is 11.1. The number of hydrogen-bond donors (Lipinski definition) is 1. The minimum absolute atomic E-state index is 0.103. The highest BCUT2D eigenvalue weighted by atomic mass is 35.5. The number of amides is 2. The summed E-state index contributed by atoms with van der Waals surface area (Å²) in [6.45, 7) is 5.80. The second kappa shape index (κ2) is 10.7. The monoisotopic (exact) mass is 482 g/mol. The summed E-state index contributed by atoms with van der Waals surface area (Å²) in [5.74, 6) is 0.634. The van der Waals surface area contributed by atoms with E-state index in [1.54, 1.807) is 44.8 Å². The quantitative estimate of drug-likeness (QED) is 0.580. The van der Waals surface area contributed by atoms with Crippen LogP contribution in [0.25, 0.3) is 22.4 Å². The van der Waals surface area contributed by atoms with Crippen molar-refractivity contribution in [2.24, 2.45) is 0 Å². The number of carbonyl (C=O) groups excluding carboxylic acids is 2. The standard InChI is InChI=1S/C24H27ClN6O3/c1-17(32)30-13-11-29(12-14-30)10-9-27-24(33)31-16-20(18-5-7-26-8-6-18)23(28-31)19-3-4-21(25)22(15-19)34-2/h3-8,15-16H,9-14H2,1-2H3,(H,27,33). The van der Waals surface area contributed by atoms with Crippen LogP contribution in [-0.4, -0.2) is 82.9 Å². The molecule has 0 atom stereocenters. The number of halogens is 1. The van der Waals surface area contributed by atoms with E-state index < -0.39 is 0 Å². The first-order chi connectivity index (χ1) is 16.5. The van der Waals surface area contributed by atoms with Gasteiger partial charge in [0.15, 0.2) is 0 Å². The Morgan fingerprint density at radius 1 is 1.09 bits per heavy atom. The Bertz CT molecular complexity index is 1160. The van der Waals surface area contributed by atoms with E-state index in [4.69, 9.17) is 16.3 Å². The SMILES string of the molecule is COc1cc(-c2nn(C(=O)NCCN3CCN(C(C)=O)CC3)cc2-c2ccncc2)ccc1Cl. The molecule has 1 N–H and O–H groups in total. The maximum atomic E-state index is 12.9. The number of methoxy groups -OCH3 is 1. The number of pyridine rings is 1. The van der Waals surface area contributed by atoms with Gasteiger partial charge in [0.05, 0.1) is 12.1 Å². The van der Waals surface area contributed by atoms with Crippen molar-refractivity contribution in [1.82, 2.24) is 29.9 Å². The predicted octanol–water partition coefficient (Wildman–Crippen LogP) is 3.00. The van der Waals surface area contributed by atoms with Crippen molar-refractivity contribution in [1.29, 1.82) is 0 Å². The minimum Gasteiger partial charge on any atom is -0.495 e. The predicted molar refractivity (Wildman–Crippen MR) is 130 cm³/mol. The zero-order valence-corrected chi connectivity index (χ0v) is 20.0. The number of nitrogens with zero attached hydrogens (tertiary/aromatic N) is 5. The molecule has 9 nitrogen and oxygen atoms in total. The molecule has 2 amide bonds. The maximum Gasteiger partial charge on any atom is 0.342 e. The third-order valence-corrected chi connectivity index (χ3v) is 6.17. The maximum absolute atomic E-state index is 12.9. The van der Waals surface area contributed by atoms with Gasteiger partial charge in [-0.25, -0.2) is 4.79 Å². The van der Waals surface area contributed by atoms with Crippen LogP contribution in [-0.2, 0) is 4.79 Å². The number of nitrogens with one attached hydrogen (secondary N) is 1. The van der Waals surface area contributed by atoms with E-state index in [-0.39, 0.29) is 11.9 Å². The molecule has 0 radical (unpaired) electrons. The highest BCUT2D eigenvalue weighted by Crippen LogP contribution is 2.35. The molecule has 0 saturated carbocycles. The van der Waals surface area contributed by atoms with Gasteiger partial charge in [0, 0.05) is 75.9 Å². The van der Waals surface area contributed by atoms with E-state index in [2.05, 4.69) is 20.3 Å². The molecule has 3 aromatic rings. The normalized spacial score (nSPS) is 14.1. The molecule has 34 heavy (non-hydrogen) atoms. The summed E-state index contributed by atoms with van der Waals surface area (Å²) in [5, 5.41) is 8.02. The van der Waals surface area contributed by atoms with E-state index in [9.17, 15) is 9.59 Å². The van der Waals surface area contributed by atoms with E-state index in [1.807, 2.05) is 23.1 Å². The molecule has 0 aliphatic carbocycles. The van der Waals surface area contributed by atoms with Crippen molar-refractivity contribution >= 4 is 23.5 Å². The smallest absolute Gasteiger partial charge is 0.342 e. The molecule has 1 aliphatic heterocycles. The molecule has 0 bridgehead atoms. The fraction of sp³-hybridized carbons (Fsp3) is 0.333. The molecule has 1 fully saturated rings. The van der Waals surface area contributed by atoms with Crippen LogP contribution in [0.15, 0.2) is 48.9 Å². The van der Waals surface area contributed by atoms with Crippen molar-refractivity contribution in [3.05, 3.63) is 53.9 Å². The fourth-order valence-electron chi connectivity index (χ4n) is 3.93. The third-order valence-electron chi connectivity index (χ3n) is 5.86. The van der Waals surface area contributed by atoms with Gasteiger partial charge in [0.25, 0.3) is 0 Å². The van der Waals surface area contributed by atoms with E-state index in [0.29, 0.717) is 42.6 Å². The first-order valence-corrected chi connectivity index (χ1v) is 11.4. The minimum atomic E-state index is -0.315. The Morgan fingerprint density at radius 3 is 2.50 bits per heavy atom. The lowest BCUT2D eigenvalue weighted by molar-refractivity contribution is -0.130. The second-order valence-corrected chi connectivity index (χ2v) is 8.41. The number of ether oxygens (including phenoxy) is 1. The van der Waals surface area contributed by atoms with E-state index in [1.165, 1.54) is 4.68 Å². The average molecular weight is 483 g/mol. The number of carbonyl (C=O) groups is 2. The summed E-state index contributed by atoms with van der Waals surface area (Å²) in [6.07, 6.45) is 5.11. The van der Waals surface area contributed by atoms with Crippen LogP contribution in [0.2, 0.25) is 5.02 Å². The van der Waals surface area contributed by atoms with Crippen LogP contribution >= 0.6 is 11.6 Å². The van der Waals surface area contributed by atoms with E-state index >= 15 is 0 Å². The lowest BCUT2D eigenvalue weighted by Gasteiger charge is -2.34. The molecule has 4 rings (SSSR count). The van der Waals surface area contributed by atoms with Crippen LogP contribution in [0, 0.1) is 0 Å². The van der Waals surface area contributed by atoms with Crippen molar-refractivity contribution in [3.63, 3.8) is 0 Å². The summed E-state index contributed by atoms with van der Waals surface area (Å²) in [7, 11) is 1.56. The van der Waals surface area contributed by atoms with Crippen molar-refractivity contribution in [3.8, 4) is 28.1 Å². The Labute approximate surface area is 203 Å². The van der Waals surface area contributed by atoms with Crippen LogP contribution in [0.5, 0.6) is 5.75 Å². The van der Waals surface area contributed by atoms with Gasteiger partial charge in [-0.3, -0.25) is 14.7 Å². The summed E-state index contributed by atoms with van der Waals surface area (Å²) in [6, 6.07) is 8.83. The molecule has 1 aromatic carbocycles. The van der Waals surface area contributed by atoms with Gasteiger partial charge >= 0.3 is 6.03 Å². The van der Waals surface area contributed by atoms with Gasteiger partial charge in [-0.1, -0.05) is 17.7 Å². The summed E-state index contributed by atoms with van der Waals surface area (Å²) in [4.78, 5) is 32.5. The molecule has 1 aliphatic rings. The molecule has 3 heterocycles. The molecule has 0 spiro atoms. The average Bonchev–Trinajstić information content (AvgIpc) is 3.31. The molecular formula is C24H27ClN6O3. The van der Waals surface area contributed by atoms with Crippen molar-refractivity contribution in [2.45, 2.75) is 6.92 Å². The number of rotatable bonds is 6. The summed E-state index contributed by atoms with van der Waals surface area (Å²) in [5.41, 5.74) is 3.10. The molecule has 178 valence electrons. The molecule has 0 unspecified atom stereocenters. The van der Waals surface area contributed by atoms with E-state index in [0.717, 1.165) is 29.8 Å². The zero-order chi connectivity index (χ0) is 24.1. The van der Waals surface area contributed by atoms with Crippen molar-refractivity contribution in [2.75, 3.05) is 46.4 Å². The van der Waals surface area contributed by atoms with Gasteiger partial charge < -0.3 is 15.0 Å². The van der Waals surface area contributed by atoms with Gasteiger partial charge in [-0.15, -0.1) is 0 Å².